The van der Waals surface area contributed by atoms with Crippen molar-refractivity contribution in [1.82, 2.24) is 16.0 Å². The highest BCUT2D eigenvalue weighted by molar-refractivity contribution is 5.87. The second kappa shape index (κ2) is 27.8. The van der Waals surface area contributed by atoms with E-state index in [4.69, 9.17) is 11.5 Å². The Morgan fingerprint density at radius 1 is 0.595 bits per heavy atom. The number of carbonyl (C=O) groups is 2. The number of nitrogens with two attached hydrogens (primary N) is 2. The molecule has 2 amide bonds. The molecule has 0 bridgehead atoms. The molecule has 7 N–H and O–H groups in total. The molecule has 7 nitrogen and oxygen atoms in total. The van der Waals surface area contributed by atoms with Crippen LogP contribution in [0.15, 0.2) is 0 Å². The maximum absolute atomic E-state index is 12.7. The fourth-order valence-electron chi connectivity index (χ4n) is 4.65. The Hall–Kier alpha value is -1.18. The first kappa shape index (κ1) is 35.8. The lowest BCUT2D eigenvalue weighted by atomic mass is 10.0. The zero-order valence-corrected chi connectivity index (χ0v) is 24.6. The normalized spacial score (nSPS) is 12.1. The summed E-state index contributed by atoms with van der Waals surface area (Å²) >= 11 is 0. The Balaban J connectivity index is 3.91. The maximum atomic E-state index is 12.7. The van der Waals surface area contributed by atoms with Crippen LogP contribution in [0.4, 0.5) is 0 Å². The van der Waals surface area contributed by atoms with Gasteiger partial charge in [-0.1, -0.05) is 123 Å². The van der Waals surface area contributed by atoms with Crippen LogP contribution in [0.5, 0.6) is 0 Å². The van der Waals surface area contributed by atoms with E-state index in [-0.39, 0.29) is 11.8 Å². The summed E-state index contributed by atoms with van der Waals surface area (Å²) in [7, 11) is 0. The number of unbranched alkanes of at least 4 members (excludes halogenated alkanes) is 17. The summed E-state index contributed by atoms with van der Waals surface area (Å²) < 4.78 is 0. The molecular formula is C30H63N5O2. The third-order valence-corrected chi connectivity index (χ3v) is 7.04. The van der Waals surface area contributed by atoms with E-state index in [1.807, 2.05) is 0 Å². The monoisotopic (exact) mass is 525 g/mol. The van der Waals surface area contributed by atoms with Gasteiger partial charge in [-0.2, -0.15) is 0 Å². The number of hydrogen-bond acceptors (Lipinski definition) is 5. The molecule has 0 aromatic carbocycles. The van der Waals surface area contributed by atoms with Crippen LogP contribution < -0.4 is 27.4 Å². The Morgan fingerprint density at radius 2 is 1.05 bits per heavy atom. The Labute approximate surface area is 229 Å². The van der Waals surface area contributed by atoms with E-state index < -0.39 is 12.3 Å². The average Bonchev–Trinajstić information content (AvgIpc) is 2.87. The predicted molar refractivity (Wildman–Crippen MR) is 158 cm³/mol. The van der Waals surface area contributed by atoms with Gasteiger partial charge in [0, 0.05) is 13.0 Å². The van der Waals surface area contributed by atoms with Crippen molar-refractivity contribution < 1.29 is 9.59 Å². The Bertz CT molecular complexity index is 516. The van der Waals surface area contributed by atoms with Crippen molar-refractivity contribution in [3.63, 3.8) is 0 Å². The number of carbonyl (C=O) groups excluding carboxylic acids is 2. The molecule has 0 aromatic heterocycles. The lowest BCUT2D eigenvalue weighted by molar-refractivity contribution is -0.129. The van der Waals surface area contributed by atoms with Crippen LogP contribution in [0, 0.1) is 0 Å². The molecule has 0 heterocycles. The topological polar surface area (TPSA) is 122 Å². The fraction of sp³-hybridized carbons (Fsp3) is 0.933. The molecule has 0 aliphatic heterocycles. The van der Waals surface area contributed by atoms with Crippen molar-refractivity contribution >= 4 is 11.8 Å². The van der Waals surface area contributed by atoms with E-state index in [9.17, 15) is 9.59 Å². The molecule has 0 aliphatic rings. The van der Waals surface area contributed by atoms with Gasteiger partial charge in [0.1, 0.15) is 12.3 Å². The van der Waals surface area contributed by atoms with Crippen LogP contribution >= 0.6 is 0 Å². The minimum absolute atomic E-state index is 0.0238. The van der Waals surface area contributed by atoms with Crippen LogP contribution in [-0.4, -0.2) is 37.2 Å². The second-order valence-corrected chi connectivity index (χ2v) is 10.8. The fourth-order valence-corrected chi connectivity index (χ4v) is 4.65. The highest BCUT2D eigenvalue weighted by atomic mass is 16.2. The quantitative estimate of drug-likeness (QED) is 0.0633. The van der Waals surface area contributed by atoms with E-state index >= 15 is 0 Å². The summed E-state index contributed by atoms with van der Waals surface area (Å²) in [5.74, 6) is -0.109. The van der Waals surface area contributed by atoms with Gasteiger partial charge in [-0.15, -0.1) is 0 Å². The molecular weight excluding hydrogens is 462 g/mol. The van der Waals surface area contributed by atoms with Crippen LogP contribution in [0.1, 0.15) is 155 Å². The molecule has 0 fully saturated rings. The molecule has 0 aromatic rings. The highest BCUT2D eigenvalue weighted by Gasteiger charge is 2.20. The van der Waals surface area contributed by atoms with Gasteiger partial charge >= 0.3 is 0 Å². The van der Waals surface area contributed by atoms with Crippen LogP contribution in [0.2, 0.25) is 0 Å². The van der Waals surface area contributed by atoms with E-state index in [0.717, 1.165) is 32.1 Å². The summed E-state index contributed by atoms with van der Waals surface area (Å²) in [4.78, 5) is 25.2. The maximum Gasteiger partial charge on any atom is 0.242 e. The lowest BCUT2D eigenvalue weighted by Crippen LogP contribution is -2.48. The van der Waals surface area contributed by atoms with Crippen molar-refractivity contribution in [1.29, 1.82) is 0 Å². The van der Waals surface area contributed by atoms with Gasteiger partial charge < -0.3 is 22.1 Å². The zero-order valence-electron chi connectivity index (χ0n) is 24.6. The summed E-state index contributed by atoms with van der Waals surface area (Å²) in [6, 6.07) is -0.495. The largest absolute Gasteiger partial charge is 0.354 e. The number of hydrogen-bond donors (Lipinski definition) is 5. The standard InChI is InChI=1S/C30H63N5O2/c1-3-5-7-9-10-11-12-13-14-15-16-17-18-19-20-24-28(36)35-27(23-22-26-34-30(31)32)29(37)33-25-21-8-6-4-2/h27,30,34H,3-26,31-32H2,1-2H3,(H,33,37)(H,35,36). The van der Waals surface area contributed by atoms with Gasteiger partial charge in [-0.25, -0.2) is 0 Å². The zero-order chi connectivity index (χ0) is 27.4. The summed E-state index contributed by atoms with van der Waals surface area (Å²) in [6.45, 7) is 5.72. The van der Waals surface area contributed by atoms with Gasteiger partial charge in [-0.05, 0) is 32.2 Å². The molecule has 0 radical (unpaired) electrons. The van der Waals surface area contributed by atoms with E-state index in [1.54, 1.807) is 0 Å². The summed E-state index contributed by atoms with van der Waals surface area (Å²) in [6.07, 6.45) is 25.3. The molecule has 0 saturated carbocycles. The molecule has 0 rings (SSSR count). The van der Waals surface area contributed by atoms with Crippen LogP contribution in [0.3, 0.4) is 0 Å². The van der Waals surface area contributed by atoms with Gasteiger partial charge in [-0.3, -0.25) is 14.9 Å². The highest BCUT2D eigenvalue weighted by Crippen LogP contribution is 2.14. The lowest BCUT2D eigenvalue weighted by Gasteiger charge is -2.19. The van der Waals surface area contributed by atoms with Crippen LogP contribution in [-0.2, 0) is 9.59 Å². The van der Waals surface area contributed by atoms with Crippen molar-refractivity contribution in [2.45, 2.75) is 167 Å². The Kier molecular flexibility index (Phi) is 27.0. The molecule has 1 unspecified atom stereocenters. The van der Waals surface area contributed by atoms with Gasteiger partial charge in [0.25, 0.3) is 0 Å². The first-order valence-electron chi connectivity index (χ1n) is 15.8. The minimum atomic E-state index is -0.564. The number of amides is 2. The smallest absolute Gasteiger partial charge is 0.242 e. The molecule has 37 heavy (non-hydrogen) atoms. The predicted octanol–water partition coefficient (Wildman–Crippen LogP) is 6.00. The van der Waals surface area contributed by atoms with Crippen molar-refractivity contribution in [3.8, 4) is 0 Å². The van der Waals surface area contributed by atoms with E-state index in [0.29, 0.717) is 25.9 Å². The van der Waals surface area contributed by atoms with Crippen molar-refractivity contribution in [3.05, 3.63) is 0 Å². The van der Waals surface area contributed by atoms with Crippen molar-refractivity contribution in [2.24, 2.45) is 11.5 Å². The Morgan fingerprint density at radius 3 is 1.54 bits per heavy atom. The third kappa shape index (κ3) is 26.2. The van der Waals surface area contributed by atoms with Gasteiger partial charge in [0.2, 0.25) is 11.8 Å². The SMILES string of the molecule is CCCCCCCCCCCCCCCCCC(=O)NC(CCCNC(N)N)C(=O)NCCCCCC. The molecule has 220 valence electrons. The van der Waals surface area contributed by atoms with Crippen molar-refractivity contribution in [2.75, 3.05) is 13.1 Å². The first-order chi connectivity index (χ1) is 18.0. The number of rotatable bonds is 28. The minimum Gasteiger partial charge on any atom is -0.354 e. The van der Waals surface area contributed by atoms with Crippen LogP contribution in [0.25, 0.3) is 0 Å². The van der Waals surface area contributed by atoms with Gasteiger partial charge in [0.15, 0.2) is 0 Å². The molecule has 7 heteroatoms. The summed E-state index contributed by atoms with van der Waals surface area (Å²) in [5, 5.41) is 8.91. The number of nitrogens with one attached hydrogen (secondary N) is 3. The second-order valence-electron chi connectivity index (χ2n) is 10.8. The first-order valence-corrected chi connectivity index (χ1v) is 15.8. The molecule has 0 saturated heterocycles. The summed E-state index contributed by atoms with van der Waals surface area (Å²) in [5.41, 5.74) is 11.0. The van der Waals surface area contributed by atoms with Gasteiger partial charge in [0.05, 0.1) is 0 Å². The third-order valence-electron chi connectivity index (χ3n) is 7.04. The molecule has 0 aliphatic carbocycles. The average molecular weight is 526 g/mol. The molecule has 1 atom stereocenters. The van der Waals surface area contributed by atoms with E-state index in [2.05, 4.69) is 29.8 Å². The van der Waals surface area contributed by atoms with E-state index in [1.165, 1.54) is 96.3 Å². The molecule has 0 spiro atoms.